The summed E-state index contributed by atoms with van der Waals surface area (Å²) in [6, 6.07) is 0. The molecule has 0 nitrogen and oxygen atoms in total. The van der Waals surface area contributed by atoms with Crippen molar-refractivity contribution in [3.8, 4) is 0 Å². The highest BCUT2D eigenvalue weighted by atomic mass is 14.0. The molecule has 0 amide bonds. The highest BCUT2D eigenvalue weighted by Crippen LogP contribution is 2.12. The third-order valence-corrected chi connectivity index (χ3v) is 2.92. The van der Waals surface area contributed by atoms with Gasteiger partial charge < -0.3 is 0 Å². The maximum atomic E-state index is 3.81. The van der Waals surface area contributed by atoms with Gasteiger partial charge in [0.25, 0.3) is 0 Å². The van der Waals surface area contributed by atoms with Crippen molar-refractivity contribution >= 4 is 0 Å². The topological polar surface area (TPSA) is 0 Å². The fourth-order valence-corrected chi connectivity index (χ4v) is 1.63. The zero-order chi connectivity index (χ0) is 12.4. The van der Waals surface area contributed by atoms with E-state index in [2.05, 4.69) is 46.4 Å². The molecular formula is C16H28. The molecule has 0 heterocycles. The van der Waals surface area contributed by atoms with Gasteiger partial charge in [0, 0.05) is 0 Å². The molecule has 0 aliphatic carbocycles. The standard InChI is InChI=1S/C16H28/c1-6-9-15(4)10-8-11-16(5)13-12-14(3)7-2/h7,10,13-14H,2,6,8-9,11-12H2,1,3-5H3/b15-10+,16-13+. The number of hydrogen-bond donors (Lipinski definition) is 0. The summed E-state index contributed by atoms with van der Waals surface area (Å²) in [4.78, 5) is 0. The first-order chi connectivity index (χ1) is 7.60. The summed E-state index contributed by atoms with van der Waals surface area (Å²) in [7, 11) is 0. The largest absolute Gasteiger partial charge is 0.103 e. The molecule has 1 unspecified atom stereocenters. The van der Waals surface area contributed by atoms with Crippen LogP contribution in [0.2, 0.25) is 0 Å². The Morgan fingerprint density at radius 3 is 2.31 bits per heavy atom. The number of allylic oxidation sites excluding steroid dienone is 5. The second-order valence-corrected chi connectivity index (χ2v) is 4.84. The van der Waals surface area contributed by atoms with Crippen LogP contribution in [-0.2, 0) is 0 Å². The van der Waals surface area contributed by atoms with E-state index in [1.54, 1.807) is 0 Å². The summed E-state index contributed by atoms with van der Waals surface area (Å²) in [5.74, 6) is 0.604. The summed E-state index contributed by atoms with van der Waals surface area (Å²) in [5.41, 5.74) is 3.05. The van der Waals surface area contributed by atoms with Crippen LogP contribution in [0.15, 0.2) is 36.0 Å². The highest BCUT2D eigenvalue weighted by Gasteiger charge is 1.94. The van der Waals surface area contributed by atoms with Crippen molar-refractivity contribution in [2.75, 3.05) is 0 Å². The zero-order valence-corrected chi connectivity index (χ0v) is 11.6. The second-order valence-electron chi connectivity index (χ2n) is 4.84. The zero-order valence-electron chi connectivity index (χ0n) is 11.6. The molecule has 0 saturated carbocycles. The molecule has 0 N–H and O–H groups in total. The van der Waals surface area contributed by atoms with Gasteiger partial charge in [0.15, 0.2) is 0 Å². The van der Waals surface area contributed by atoms with Gasteiger partial charge in [0.1, 0.15) is 0 Å². The van der Waals surface area contributed by atoms with Crippen LogP contribution < -0.4 is 0 Å². The van der Waals surface area contributed by atoms with Gasteiger partial charge in [-0.1, -0.05) is 49.6 Å². The van der Waals surface area contributed by atoms with Gasteiger partial charge in [-0.05, 0) is 45.4 Å². The average Bonchev–Trinajstić information content (AvgIpc) is 2.26. The van der Waals surface area contributed by atoms with Crippen LogP contribution >= 0.6 is 0 Å². The molecule has 0 rings (SSSR count). The molecule has 0 aliphatic rings. The lowest BCUT2D eigenvalue weighted by Gasteiger charge is -2.03. The molecule has 0 radical (unpaired) electrons. The molecule has 1 atom stereocenters. The maximum absolute atomic E-state index is 3.81. The Hall–Kier alpha value is -0.780. The Kier molecular flexibility index (Phi) is 8.99. The lowest BCUT2D eigenvalue weighted by Crippen LogP contribution is -1.86. The SMILES string of the molecule is C=CC(C)C/C=C(\C)CC/C=C(\C)CCC. The lowest BCUT2D eigenvalue weighted by atomic mass is 10.0. The van der Waals surface area contributed by atoms with Gasteiger partial charge in [-0.25, -0.2) is 0 Å². The predicted molar refractivity (Wildman–Crippen MR) is 75.6 cm³/mol. The summed E-state index contributed by atoms with van der Waals surface area (Å²) in [6.07, 6.45) is 12.8. The molecule has 0 aliphatic heterocycles. The first-order valence-electron chi connectivity index (χ1n) is 6.54. The van der Waals surface area contributed by atoms with Crippen molar-refractivity contribution < 1.29 is 0 Å². The van der Waals surface area contributed by atoms with Crippen LogP contribution in [-0.4, -0.2) is 0 Å². The van der Waals surface area contributed by atoms with Crippen LogP contribution in [0.3, 0.4) is 0 Å². The fourth-order valence-electron chi connectivity index (χ4n) is 1.63. The fraction of sp³-hybridized carbons (Fsp3) is 0.625. The molecule has 0 fully saturated rings. The summed E-state index contributed by atoms with van der Waals surface area (Å²) in [5, 5.41) is 0. The minimum atomic E-state index is 0.604. The Morgan fingerprint density at radius 2 is 1.75 bits per heavy atom. The Balaban J connectivity index is 3.84. The highest BCUT2D eigenvalue weighted by molar-refractivity contribution is 5.04. The van der Waals surface area contributed by atoms with Crippen molar-refractivity contribution in [3.05, 3.63) is 36.0 Å². The first kappa shape index (κ1) is 15.2. The normalized spacial score (nSPS) is 15.0. The number of hydrogen-bond acceptors (Lipinski definition) is 0. The monoisotopic (exact) mass is 220 g/mol. The minimum absolute atomic E-state index is 0.604. The van der Waals surface area contributed by atoms with Crippen LogP contribution in [0.1, 0.15) is 59.8 Å². The molecule has 0 aromatic carbocycles. The van der Waals surface area contributed by atoms with E-state index < -0.39 is 0 Å². The molecule has 16 heavy (non-hydrogen) atoms. The van der Waals surface area contributed by atoms with Gasteiger partial charge in [-0.15, -0.1) is 6.58 Å². The van der Waals surface area contributed by atoms with Gasteiger partial charge in [-0.3, -0.25) is 0 Å². The molecule has 0 saturated heterocycles. The minimum Gasteiger partial charge on any atom is -0.103 e. The van der Waals surface area contributed by atoms with Crippen LogP contribution in [0, 0.1) is 5.92 Å². The van der Waals surface area contributed by atoms with Crippen LogP contribution in [0.5, 0.6) is 0 Å². The summed E-state index contributed by atoms with van der Waals surface area (Å²) >= 11 is 0. The van der Waals surface area contributed by atoms with E-state index in [1.807, 2.05) is 6.08 Å². The van der Waals surface area contributed by atoms with Gasteiger partial charge >= 0.3 is 0 Å². The maximum Gasteiger partial charge on any atom is -0.0230 e. The second kappa shape index (κ2) is 9.45. The molecule has 0 bridgehead atoms. The predicted octanol–water partition coefficient (Wildman–Crippen LogP) is 5.67. The van der Waals surface area contributed by atoms with Crippen molar-refractivity contribution in [1.82, 2.24) is 0 Å². The van der Waals surface area contributed by atoms with E-state index in [-0.39, 0.29) is 0 Å². The summed E-state index contributed by atoms with van der Waals surface area (Å²) in [6.45, 7) is 12.7. The molecule has 0 aromatic rings. The summed E-state index contributed by atoms with van der Waals surface area (Å²) < 4.78 is 0. The van der Waals surface area contributed by atoms with E-state index in [0.29, 0.717) is 5.92 Å². The first-order valence-corrected chi connectivity index (χ1v) is 6.54. The van der Waals surface area contributed by atoms with Gasteiger partial charge in [0.05, 0.1) is 0 Å². The van der Waals surface area contributed by atoms with Gasteiger partial charge in [-0.2, -0.15) is 0 Å². The Labute approximate surface area is 102 Å². The average molecular weight is 220 g/mol. The molecular weight excluding hydrogens is 192 g/mol. The Morgan fingerprint density at radius 1 is 1.12 bits per heavy atom. The smallest absolute Gasteiger partial charge is 0.0230 e. The van der Waals surface area contributed by atoms with E-state index in [1.165, 1.54) is 36.8 Å². The van der Waals surface area contributed by atoms with E-state index in [9.17, 15) is 0 Å². The number of rotatable bonds is 8. The van der Waals surface area contributed by atoms with Crippen LogP contribution in [0.25, 0.3) is 0 Å². The van der Waals surface area contributed by atoms with Gasteiger partial charge in [0.2, 0.25) is 0 Å². The third kappa shape index (κ3) is 8.52. The van der Waals surface area contributed by atoms with Crippen molar-refractivity contribution in [1.29, 1.82) is 0 Å². The molecule has 92 valence electrons. The van der Waals surface area contributed by atoms with Crippen molar-refractivity contribution in [2.24, 2.45) is 5.92 Å². The van der Waals surface area contributed by atoms with E-state index in [0.717, 1.165) is 6.42 Å². The quantitative estimate of drug-likeness (QED) is 0.462. The third-order valence-electron chi connectivity index (χ3n) is 2.92. The molecule has 0 heteroatoms. The van der Waals surface area contributed by atoms with Crippen LogP contribution in [0.4, 0.5) is 0 Å². The lowest BCUT2D eigenvalue weighted by molar-refractivity contribution is 0.738. The van der Waals surface area contributed by atoms with Crippen molar-refractivity contribution in [2.45, 2.75) is 59.8 Å². The van der Waals surface area contributed by atoms with E-state index >= 15 is 0 Å². The molecule has 0 aromatic heterocycles. The molecule has 0 spiro atoms. The van der Waals surface area contributed by atoms with Crippen molar-refractivity contribution in [3.63, 3.8) is 0 Å². The van der Waals surface area contributed by atoms with E-state index in [4.69, 9.17) is 0 Å². The Bertz CT molecular complexity index is 243.